The van der Waals surface area contributed by atoms with Crippen LogP contribution in [0.3, 0.4) is 0 Å². The molecule has 4 heteroatoms. The molecule has 3 aliphatic rings. The van der Waals surface area contributed by atoms with Gasteiger partial charge in [0.2, 0.25) is 5.91 Å². The molecule has 4 nitrogen and oxygen atoms in total. The van der Waals surface area contributed by atoms with Gasteiger partial charge in [-0.25, -0.2) is 0 Å². The van der Waals surface area contributed by atoms with Gasteiger partial charge in [0.1, 0.15) is 0 Å². The summed E-state index contributed by atoms with van der Waals surface area (Å²) in [6.07, 6.45) is 4.46. The first-order valence-corrected chi connectivity index (χ1v) is 10.1. The molecule has 1 amide bonds. The molecule has 0 bridgehead atoms. The van der Waals surface area contributed by atoms with Crippen LogP contribution < -0.4 is 0 Å². The predicted octanol–water partition coefficient (Wildman–Crippen LogP) is 2.74. The monoisotopic (exact) mass is 356 g/mol. The van der Waals surface area contributed by atoms with Gasteiger partial charge in [0.25, 0.3) is 0 Å². The third-order valence-electron chi connectivity index (χ3n) is 6.81. The maximum absolute atomic E-state index is 12.9. The van der Waals surface area contributed by atoms with Crippen LogP contribution in [0.1, 0.15) is 30.4 Å². The average molecular weight is 357 g/mol. The van der Waals surface area contributed by atoms with Crippen LogP contribution in [0.25, 0.3) is 0 Å². The molecule has 26 heavy (non-hydrogen) atoms. The average Bonchev–Trinajstić information content (AvgIpc) is 3.23. The van der Waals surface area contributed by atoms with E-state index in [-0.39, 0.29) is 11.3 Å². The molecule has 4 rings (SSSR count). The molecule has 1 aromatic rings. The number of amides is 1. The van der Waals surface area contributed by atoms with E-state index in [0.717, 1.165) is 50.7 Å². The molecule has 0 unspecified atom stereocenters. The van der Waals surface area contributed by atoms with Gasteiger partial charge in [-0.05, 0) is 43.2 Å². The van der Waals surface area contributed by atoms with Gasteiger partial charge in [-0.2, -0.15) is 0 Å². The topological polar surface area (TPSA) is 32.8 Å². The van der Waals surface area contributed by atoms with E-state index >= 15 is 0 Å². The minimum absolute atomic E-state index is 0.242. The van der Waals surface area contributed by atoms with Crippen LogP contribution >= 0.6 is 0 Å². The van der Waals surface area contributed by atoms with Crippen LogP contribution in [0.15, 0.2) is 24.3 Å². The summed E-state index contributed by atoms with van der Waals surface area (Å²) < 4.78 is 5.56. The predicted molar refractivity (Wildman–Crippen MR) is 103 cm³/mol. The Balaban J connectivity index is 1.41. The van der Waals surface area contributed by atoms with E-state index in [1.54, 1.807) is 0 Å². The number of ether oxygens (including phenoxy) is 1. The summed E-state index contributed by atoms with van der Waals surface area (Å²) in [7, 11) is 1.81. The molecule has 2 saturated heterocycles. The standard InChI is InChI=1S/C22H32N2O2/c1-17-5-3-4-6-19(17)11-21(25)24-10-9-22(16-24)15-23(12-18-7-8-18)13-20(22)14-26-2/h3-6,18,20H,7-16H2,1-2H3/t20-,22+/m0/s1. The van der Waals surface area contributed by atoms with Crippen molar-refractivity contribution < 1.29 is 9.53 Å². The normalized spacial score (nSPS) is 29.0. The summed E-state index contributed by atoms with van der Waals surface area (Å²) in [4.78, 5) is 17.7. The molecule has 0 aromatic heterocycles. The Kier molecular flexibility index (Phi) is 5.07. The Morgan fingerprint density at radius 2 is 2.08 bits per heavy atom. The lowest BCUT2D eigenvalue weighted by atomic mass is 9.77. The van der Waals surface area contributed by atoms with E-state index < -0.39 is 0 Å². The third kappa shape index (κ3) is 3.67. The molecule has 0 radical (unpaired) electrons. The number of likely N-dealkylation sites (tertiary alicyclic amines) is 2. The number of hydrogen-bond donors (Lipinski definition) is 0. The lowest BCUT2D eigenvalue weighted by Gasteiger charge is -2.30. The van der Waals surface area contributed by atoms with Crippen molar-refractivity contribution in [3.63, 3.8) is 0 Å². The van der Waals surface area contributed by atoms with Gasteiger partial charge < -0.3 is 14.5 Å². The molecule has 1 aromatic carbocycles. The highest BCUT2D eigenvalue weighted by molar-refractivity contribution is 5.79. The van der Waals surface area contributed by atoms with E-state index in [1.807, 2.05) is 19.2 Å². The zero-order chi connectivity index (χ0) is 18.1. The van der Waals surface area contributed by atoms with Crippen LogP contribution in [-0.2, 0) is 16.0 Å². The van der Waals surface area contributed by atoms with Crippen molar-refractivity contribution in [1.82, 2.24) is 9.80 Å². The summed E-state index contributed by atoms with van der Waals surface area (Å²) in [6, 6.07) is 8.24. The van der Waals surface area contributed by atoms with Crippen molar-refractivity contribution in [1.29, 1.82) is 0 Å². The van der Waals surface area contributed by atoms with E-state index in [1.165, 1.54) is 24.9 Å². The van der Waals surface area contributed by atoms with E-state index in [0.29, 0.717) is 12.3 Å². The molecule has 3 fully saturated rings. The number of carbonyl (C=O) groups is 1. The molecular formula is C22H32N2O2. The SMILES string of the molecule is COC[C@@H]1CN(CC2CC2)C[C@@]12CCN(C(=O)Cc1ccccc1C)C2. The summed E-state index contributed by atoms with van der Waals surface area (Å²) >= 11 is 0. The fourth-order valence-corrected chi connectivity index (χ4v) is 5.03. The van der Waals surface area contributed by atoms with E-state index in [4.69, 9.17) is 4.74 Å². The van der Waals surface area contributed by atoms with Crippen molar-refractivity contribution in [2.75, 3.05) is 46.4 Å². The van der Waals surface area contributed by atoms with Gasteiger partial charge in [-0.15, -0.1) is 0 Å². The number of aryl methyl sites for hydroxylation is 1. The highest BCUT2D eigenvalue weighted by Crippen LogP contribution is 2.45. The molecule has 2 aliphatic heterocycles. The molecule has 1 saturated carbocycles. The number of methoxy groups -OCH3 is 1. The van der Waals surface area contributed by atoms with Crippen molar-refractivity contribution in [2.24, 2.45) is 17.3 Å². The van der Waals surface area contributed by atoms with Gasteiger partial charge in [-0.1, -0.05) is 24.3 Å². The Bertz CT molecular complexity index is 657. The highest BCUT2D eigenvalue weighted by atomic mass is 16.5. The first-order valence-electron chi connectivity index (χ1n) is 10.1. The van der Waals surface area contributed by atoms with Crippen molar-refractivity contribution in [2.45, 2.75) is 32.6 Å². The van der Waals surface area contributed by atoms with Crippen LogP contribution in [0.5, 0.6) is 0 Å². The molecule has 142 valence electrons. The van der Waals surface area contributed by atoms with Crippen molar-refractivity contribution >= 4 is 5.91 Å². The summed E-state index contributed by atoms with van der Waals surface area (Å²) in [5, 5.41) is 0. The summed E-state index contributed by atoms with van der Waals surface area (Å²) in [5.74, 6) is 1.77. The molecule has 0 N–H and O–H groups in total. The van der Waals surface area contributed by atoms with Gasteiger partial charge in [0, 0.05) is 51.2 Å². The van der Waals surface area contributed by atoms with Gasteiger partial charge in [0.05, 0.1) is 13.0 Å². The van der Waals surface area contributed by atoms with Gasteiger partial charge >= 0.3 is 0 Å². The van der Waals surface area contributed by atoms with Crippen molar-refractivity contribution in [3.05, 3.63) is 35.4 Å². The first kappa shape index (κ1) is 18.0. The molecular weight excluding hydrogens is 324 g/mol. The summed E-state index contributed by atoms with van der Waals surface area (Å²) in [5.41, 5.74) is 2.61. The van der Waals surface area contributed by atoms with Crippen molar-refractivity contribution in [3.8, 4) is 0 Å². The van der Waals surface area contributed by atoms with E-state index in [2.05, 4.69) is 28.9 Å². The largest absolute Gasteiger partial charge is 0.384 e. The number of hydrogen-bond acceptors (Lipinski definition) is 3. The van der Waals surface area contributed by atoms with E-state index in [9.17, 15) is 4.79 Å². The Labute approximate surface area is 157 Å². The fraction of sp³-hybridized carbons (Fsp3) is 0.682. The zero-order valence-corrected chi connectivity index (χ0v) is 16.2. The second-order valence-electron chi connectivity index (χ2n) is 8.82. The third-order valence-corrected chi connectivity index (χ3v) is 6.81. The quantitative estimate of drug-likeness (QED) is 0.786. The molecule has 2 heterocycles. The lowest BCUT2D eigenvalue weighted by Crippen LogP contribution is -2.38. The Hall–Kier alpha value is -1.39. The van der Waals surface area contributed by atoms with Crippen LogP contribution in [0.2, 0.25) is 0 Å². The zero-order valence-electron chi connectivity index (χ0n) is 16.2. The molecule has 1 spiro atoms. The Morgan fingerprint density at radius 1 is 1.27 bits per heavy atom. The van der Waals surface area contributed by atoms with Gasteiger partial charge in [-0.3, -0.25) is 4.79 Å². The minimum atomic E-state index is 0.242. The van der Waals surface area contributed by atoms with Crippen LogP contribution in [0, 0.1) is 24.2 Å². The maximum atomic E-state index is 12.9. The smallest absolute Gasteiger partial charge is 0.227 e. The molecule has 1 aliphatic carbocycles. The molecule has 2 atom stereocenters. The first-order chi connectivity index (χ1) is 12.6. The van der Waals surface area contributed by atoms with Crippen LogP contribution in [-0.4, -0.2) is 62.1 Å². The number of nitrogens with zero attached hydrogens (tertiary/aromatic N) is 2. The fourth-order valence-electron chi connectivity index (χ4n) is 5.03. The van der Waals surface area contributed by atoms with Crippen LogP contribution in [0.4, 0.5) is 0 Å². The Morgan fingerprint density at radius 3 is 2.81 bits per heavy atom. The summed E-state index contributed by atoms with van der Waals surface area (Å²) in [6.45, 7) is 8.26. The second kappa shape index (κ2) is 7.32. The minimum Gasteiger partial charge on any atom is -0.384 e. The maximum Gasteiger partial charge on any atom is 0.227 e. The van der Waals surface area contributed by atoms with Gasteiger partial charge in [0.15, 0.2) is 0 Å². The second-order valence-corrected chi connectivity index (χ2v) is 8.82. The number of benzene rings is 1. The number of rotatable bonds is 6. The highest BCUT2D eigenvalue weighted by Gasteiger charge is 2.51. The number of carbonyl (C=O) groups excluding carboxylic acids is 1. The lowest BCUT2D eigenvalue weighted by molar-refractivity contribution is -0.130.